The topological polar surface area (TPSA) is 25.8 Å². The summed E-state index contributed by atoms with van der Waals surface area (Å²) in [6, 6.07) is 18.3. The molecule has 2 nitrogen and oxygen atoms in total. The zero-order chi connectivity index (χ0) is 21.0. The first-order valence-electron chi connectivity index (χ1n) is 9.89. The van der Waals surface area contributed by atoms with E-state index in [9.17, 15) is 4.39 Å². The number of rotatable bonds is 1. The minimum Gasteiger partial charge on any atom is -0.236 e. The molecule has 5 aromatic rings. The standard InChI is InChI=1S/C26H20F2N2/c1-26(2,3)22-13-17(10-15-6-4-5-7-19(15)22)24-21-12-16-11-18(27)8-9-20(16)23(28)25(21)30-14-29-24/h4-14H,1-3H3. The van der Waals surface area contributed by atoms with Gasteiger partial charge in [0.05, 0.1) is 5.69 Å². The number of nitrogens with zero attached hydrogens (tertiary/aromatic N) is 2. The fourth-order valence-corrected chi connectivity index (χ4v) is 4.14. The highest BCUT2D eigenvalue weighted by molar-refractivity contribution is 6.04. The molecule has 4 heteroatoms. The fourth-order valence-electron chi connectivity index (χ4n) is 4.14. The lowest BCUT2D eigenvalue weighted by Crippen LogP contribution is -2.12. The van der Waals surface area contributed by atoms with Crippen LogP contribution >= 0.6 is 0 Å². The van der Waals surface area contributed by atoms with Crippen LogP contribution < -0.4 is 0 Å². The molecule has 0 amide bonds. The average Bonchev–Trinajstić information content (AvgIpc) is 2.72. The van der Waals surface area contributed by atoms with Crippen molar-refractivity contribution in [3.05, 3.63) is 84.2 Å². The van der Waals surface area contributed by atoms with Crippen LogP contribution in [0.4, 0.5) is 8.78 Å². The van der Waals surface area contributed by atoms with E-state index in [1.807, 2.05) is 12.1 Å². The van der Waals surface area contributed by atoms with Gasteiger partial charge in [0.2, 0.25) is 0 Å². The molecule has 0 aliphatic rings. The minimum absolute atomic E-state index is 0.0838. The molecule has 0 aliphatic heterocycles. The minimum atomic E-state index is -0.456. The van der Waals surface area contributed by atoms with Crippen LogP contribution in [-0.2, 0) is 5.41 Å². The van der Waals surface area contributed by atoms with E-state index in [1.165, 1.54) is 35.5 Å². The summed E-state index contributed by atoms with van der Waals surface area (Å²) in [5.41, 5.74) is 2.88. The highest BCUT2D eigenvalue weighted by Gasteiger charge is 2.20. The van der Waals surface area contributed by atoms with Crippen LogP contribution in [0.25, 0.3) is 43.7 Å². The average molecular weight is 398 g/mol. The van der Waals surface area contributed by atoms with Crippen molar-refractivity contribution >= 4 is 32.4 Å². The van der Waals surface area contributed by atoms with Crippen molar-refractivity contribution in [3.63, 3.8) is 0 Å². The predicted molar refractivity (Wildman–Crippen MR) is 119 cm³/mol. The molecule has 0 fully saturated rings. The van der Waals surface area contributed by atoms with E-state index in [-0.39, 0.29) is 10.9 Å². The molecular weight excluding hydrogens is 378 g/mol. The molecule has 0 bridgehead atoms. The molecule has 148 valence electrons. The maximum absolute atomic E-state index is 15.2. The molecule has 0 aliphatic carbocycles. The molecule has 4 aromatic carbocycles. The van der Waals surface area contributed by atoms with E-state index in [0.717, 1.165) is 10.9 Å². The van der Waals surface area contributed by atoms with Gasteiger partial charge in [-0.2, -0.15) is 0 Å². The maximum Gasteiger partial charge on any atom is 0.157 e. The van der Waals surface area contributed by atoms with E-state index in [2.05, 4.69) is 55.0 Å². The van der Waals surface area contributed by atoms with Gasteiger partial charge in [-0.25, -0.2) is 18.7 Å². The summed E-state index contributed by atoms with van der Waals surface area (Å²) in [4.78, 5) is 8.70. The number of halogens is 2. The number of hydrogen-bond donors (Lipinski definition) is 0. The Kier molecular flexibility index (Phi) is 4.07. The van der Waals surface area contributed by atoms with E-state index in [0.29, 0.717) is 21.9 Å². The van der Waals surface area contributed by atoms with Crippen molar-refractivity contribution in [2.45, 2.75) is 26.2 Å². The van der Waals surface area contributed by atoms with E-state index in [4.69, 9.17) is 0 Å². The Morgan fingerprint density at radius 2 is 1.53 bits per heavy atom. The molecule has 0 unspecified atom stereocenters. The van der Waals surface area contributed by atoms with Gasteiger partial charge >= 0.3 is 0 Å². The molecule has 0 saturated heterocycles. The highest BCUT2D eigenvalue weighted by Crippen LogP contribution is 2.37. The second-order valence-corrected chi connectivity index (χ2v) is 8.67. The van der Waals surface area contributed by atoms with Crippen LogP contribution in [0.15, 0.2) is 67.0 Å². The zero-order valence-electron chi connectivity index (χ0n) is 17.0. The third-order valence-electron chi connectivity index (χ3n) is 5.58. The maximum atomic E-state index is 15.2. The van der Waals surface area contributed by atoms with Crippen molar-refractivity contribution in [2.24, 2.45) is 0 Å². The number of hydrogen-bond acceptors (Lipinski definition) is 2. The summed E-state index contributed by atoms with van der Waals surface area (Å²) in [5.74, 6) is -0.858. The van der Waals surface area contributed by atoms with Gasteiger partial charge in [-0.1, -0.05) is 45.0 Å². The largest absolute Gasteiger partial charge is 0.236 e. The molecule has 1 heterocycles. The Balaban J connectivity index is 1.88. The third-order valence-corrected chi connectivity index (χ3v) is 5.58. The van der Waals surface area contributed by atoms with Gasteiger partial charge in [-0.15, -0.1) is 0 Å². The molecule has 30 heavy (non-hydrogen) atoms. The smallest absolute Gasteiger partial charge is 0.157 e. The highest BCUT2D eigenvalue weighted by atomic mass is 19.1. The number of aromatic nitrogens is 2. The van der Waals surface area contributed by atoms with Crippen molar-refractivity contribution in [2.75, 3.05) is 0 Å². The second-order valence-electron chi connectivity index (χ2n) is 8.67. The first-order chi connectivity index (χ1) is 14.3. The summed E-state index contributed by atoms with van der Waals surface area (Å²) < 4.78 is 29.0. The van der Waals surface area contributed by atoms with Crippen molar-refractivity contribution < 1.29 is 8.78 Å². The lowest BCUT2D eigenvalue weighted by molar-refractivity contribution is 0.596. The lowest BCUT2D eigenvalue weighted by Gasteiger charge is -2.23. The summed E-state index contributed by atoms with van der Waals surface area (Å²) in [6.07, 6.45) is 1.39. The summed E-state index contributed by atoms with van der Waals surface area (Å²) in [6.45, 7) is 6.52. The van der Waals surface area contributed by atoms with E-state index >= 15 is 4.39 Å². The zero-order valence-corrected chi connectivity index (χ0v) is 17.0. The van der Waals surface area contributed by atoms with Crippen LogP contribution in [0.3, 0.4) is 0 Å². The Hall–Kier alpha value is -3.40. The molecule has 0 radical (unpaired) electrons. The lowest BCUT2D eigenvalue weighted by atomic mass is 9.82. The first-order valence-corrected chi connectivity index (χ1v) is 9.89. The Morgan fingerprint density at radius 3 is 2.33 bits per heavy atom. The molecule has 0 N–H and O–H groups in total. The van der Waals surface area contributed by atoms with Crippen molar-refractivity contribution in [3.8, 4) is 11.3 Å². The summed E-state index contributed by atoms with van der Waals surface area (Å²) in [7, 11) is 0. The Morgan fingerprint density at radius 1 is 0.733 bits per heavy atom. The van der Waals surface area contributed by atoms with Crippen LogP contribution in [0, 0.1) is 11.6 Å². The van der Waals surface area contributed by atoms with Gasteiger partial charge in [0.25, 0.3) is 0 Å². The fraction of sp³-hybridized carbons (Fsp3) is 0.154. The van der Waals surface area contributed by atoms with Gasteiger partial charge < -0.3 is 0 Å². The molecule has 0 saturated carbocycles. The van der Waals surface area contributed by atoms with Crippen molar-refractivity contribution in [1.29, 1.82) is 0 Å². The second kappa shape index (κ2) is 6.56. The van der Waals surface area contributed by atoms with Crippen molar-refractivity contribution in [1.82, 2.24) is 9.97 Å². The van der Waals surface area contributed by atoms with Gasteiger partial charge in [0.15, 0.2) is 5.82 Å². The normalized spacial score (nSPS) is 12.2. The Bertz CT molecular complexity index is 1450. The monoisotopic (exact) mass is 398 g/mol. The van der Waals surface area contributed by atoms with Crippen LogP contribution in [0.2, 0.25) is 0 Å². The van der Waals surface area contributed by atoms with Gasteiger partial charge in [-0.05, 0) is 63.5 Å². The molecule has 5 rings (SSSR count). The summed E-state index contributed by atoms with van der Waals surface area (Å²) in [5, 5.41) is 3.70. The molecular formula is C26H20F2N2. The van der Waals surface area contributed by atoms with E-state index < -0.39 is 11.6 Å². The third kappa shape index (κ3) is 2.91. The SMILES string of the molecule is CC(C)(C)c1cc(-c2ncnc3c(F)c4ccc(F)cc4cc23)cc2ccccc12. The van der Waals surface area contributed by atoms with Crippen LogP contribution in [-0.4, -0.2) is 9.97 Å². The van der Waals surface area contributed by atoms with Gasteiger partial charge in [0.1, 0.15) is 17.7 Å². The molecule has 0 atom stereocenters. The number of benzene rings is 4. The van der Waals surface area contributed by atoms with Crippen LogP contribution in [0.5, 0.6) is 0 Å². The number of fused-ring (bicyclic) bond motifs is 3. The Labute approximate surface area is 173 Å². The molecule has 1 aromatic heterocycles. The first kappa shape index (κ1) is 18.6. The predicted octanol–water partition coefficient (Wildman–Crippen LogP) is 7.18. The molecule has 0 spiro atoms. The summed E-state index contributed by atoms with van der Waals surface area (Å²) >= 11 is 0. The van der Waals surface area contributed by atoms with E-state index in [1.54, 1.807) is 6.07 Å². The van der Waals surface area contributed by atoms with Gasteiger partial charge in [0, 0.05) is 16.3 Å². The van der Waals surface area contributed by atoms with Crippen LogP contribution in [0.1, 0.15) is 26.3 Å². The van der Waals surface area contributed by atoms with Gasteiger partial charge in [-0.3, -0.25) is 0 Å². The quantitative estimate of drug-likeness (QED) is 0.280.